The second-order valence-electron chi connectivity index (χ2n) is 4.52. The Hall–Kier alpha value is -1.00. The van der Waals surface area contributed by atoms with Crippen molar-refractivity contribution in [1.82, 2.24) is 9.55 Å². The Labute approximate surface area is 105 Å². The van der Waals surface area contributed by atoms with E-state index in [1.807, 2.05) is 11.8 Å². The lowest BCUT2D eigenvalue weighted by molar-refractivity contribution is 0.737. The van der Waals surface area contributed by atoms with Crippen molar-refractivity contribution in [2.75, 3.05) is 5.75 Å². The van der Waals surface area contributed by atoms with Gasteiger partial charge in [-0.15, -0.1) is 0 Å². The highest BCUT2D eigenvalue weighted by atomic mass is 32.2. The summed E-state index contributed by atoms with van der Waals surface area (Å²) in [5, 5.41) is 0.568. The summed E-state index contributed by atoms with van der Waals surface area (Å²) in [6, 6.07) is 6.27. The molecule has 2 N–H and O–H groups in total. The Balaban J connectivity index is 2.16. The van der Waals surface area contributed by atoms with Crippen LogP contribution in [0.3, 0.4) is 0 Å². The van der Waals surface area contributed by atoms with Crippen LogP contribution in [0.25, 0.3) is 11.0 Å². The summed E-state index contributed by atoms with van der Waals surface area (Å²) in [5.41, 5.74) is 9.21. The van der Waals surface area contributed by atoms with Crippen molar-refractivity contribution in [3.8, 4) is 0 Å². The Kier molecular flexibility index (Phi) is 2.84. The fourth-order valence-corrected chi connectivity index (χ4v) is 3.84. The molecule has 0 aliphatic carbocycles. The molecule has 3 nitrogen and oxygen atoms in total. The van der Waals surface area contributed by atoms with E-state index in [1.54, 1.807) is 0 Å². The fourth-order valence-electron chi connectivity index (χ4n) is 2.52. The first kappa shape index (κ1) is 11.1. The van der Waals surface area contributed by atoms with E-state index in [4.69, 9.17) is 10.7 Å². The first-order valence-corrected chi connectivity index (χ1v) is 7.12. The second-order valence-corrected chi connectivity index (χ2v) is 5.83. The molecule has 1 saturated heterocycles. The normalized spacial score (nSPS) is 20.2. The van der Waals surface area contributed by atoms with E-state index < -0.39 is 0 Å². The molecule has 0 saturated carbocycles. The molecule has 1 atom stereocenters. The molecule has 1 aromatic heterocycles. The van der Waals surface area contributed by atoms with Gasteiger partial charge in [0.05, 0.1) is 16.3 Å². The van der Waals surface area contributed by atoms with Gasteiger partial charge in [-0.25, -0.2) is 4.98 Å². The molecule has 1 aromatic carbocycles. The lowest BCUT2D eigenvalue weighted by Gasteiger charge is -2.07. The Morgan fingerprint density at radius 3 is 3.12 bits per heavy atom. The van der Waals surface area contributed by atoms with Crippen LogP contribution in [-0.2, 0) is 13.6 Å². The van der Waals surface area contributed by atoms with Gasteiger partial charge in [-0.05, 0) is 30.2 Å². The maximum atomic E-state index is 5.77. The summed E-state index contributed by atoms with van der Waals surface area (Å²) in [5.74, 6) is 2.47. The summed E-state index contributed by atoms with van der Waals surface area (Å²) in [6.45, 7) is 0.561. The topological polar surface area (TPSA) is 43.8 Å². The number of nitrogens with two attached hydrogens (primary N) is 1. The first-order valence-electron chi connectivity index (χ1n) is 6.07. The number of benzene rings is 1. The number of aryl methyl sites for hydroxylation is 1. The minimum absolute atomic E-state index is 0.561. The van der Waals surface area contributed by atoms with Crippen LogP contribution in [0, 0.1) is 0 Å². The molecular weight excluding hydrogens is 230 g/mol. The quantitative estimate of drug-likeness (QED) is 0.887. The highest BCUT2D eigenvalue weighted by Crippen LogP contribution is 2.40. The molecule has 0 bridgehead atoms. The molecular formula is C13H17N3S. The highest BCUT2D eigenvalue weighted by Gasteiger charge is 2.23. The van der Waals surface area contributed by atoms with E-state index in [0.29, 0.717) is 11.8 Å². The molecule has 0 spiro atoms. The lowest BCUT2D eigenvalue weighted by Crippen LogP contribution is -2.00. The SMILES string of the molecule is Cn1c(C2CCCS2)nc2c(CN)cccc21. The number of imidazole rings is 1. The monoisotopic (exact) mass is 247 g/mol. The predicted molar refractivity (Wildman–Crippen MR) is 73.0 cm³/mol. The summed E-state index contributed by atoms with van der Waals surface area (Å²) in [4.78, 5) is 4.83. The summed E-state index contributed by atoms with van der Waals surface area (Å²) < 4.78 is 2.23. The highest BCUT2D eigenvalue weighted by molar-refractivity contribution is 7.99. The van der Waals surface area contributed by atoms with Crippen molar-refractivity contribution in [3.05, 3.63) is 29.6 Å². The zero-order valence-corrected chi connectivity index (χ0v) is 10.8. The summed E-state index contributed by atoms with van der Waals surface area (Å²) >= 11 is 2.02. The van der Waals surface area contributed by atoms with Crippen LogP contribution in [0.1, 0.15) is 29.5 Å². The van der Waals surface area contributed by atoms with E-state index in [1.165, 1.54) is 29.9 Å². The zero-order chi connectivity index (χ0) is 11.8. The van der Waals surface area contributed by atoms with Crippen LogP contribution in [-0.4, -0.2) is 15.3 Å². The van der Waals surface area contributed by atoms with Crippen LogP contribution in [0.15, 0.2) is 18.2 Å². The third-order valence-electron chi connectivity index (χ3n) is 3.47. The number of para-hydroxylation sites is 1. The van der Waals surface area contributed by atoms with Crippen molar-refractivity contribution < 1.29 is 0 Å². The standard InChI is InChI=1S/C13H17N3S/c1-16-10-5-2-4-9(8-14)12(10)15-13(16)11-6-3-7-17-11/h2,4-5,11H,3,6-8,14H2,1H3. The zero-order valence-electron chi connectivity index (χ0n) is 10.0. The van der Waals surface area contributed by atoms with Crippen molar-refractivity contribution in [2.45, 2.75) is 24.6 Å². The minimum Gasteiger partial charge on any atom is -0.330 e. The molecule has 17 heavy (non-hydrogen) atoms. The summed E-state index contributed by atoms with van der Waals surface area (Å²) in [6.07, 6.45) is 2.56. The molecule has 1 fully saturated rings. The van der Waals surface area contributed by atoms with Gasteiger partial charge in [0, 0.05) is 13.6 Å². The van der Waals surface area contributed by atoms with E-state index >= 15 is 0 Å². The van der Waals surface area contributed by atoms with Gasteiger partial charge in [0.1, 0.15) is 5.82 Å². The molecule has 3 rings (SSSR count). The number of hydrogen-bond acceptors (Lipinski definition) is 3. The third kappa shape index (κ3) is 1.76. The van der Waals surface area contributed by atoms with Crippen molar-refractivity contribution in [2.24, 2.45) is 12.8 Å². The number of aromatic nitrogens is 2. The van der Waals surface area contributed by atoms with E-state index in [9.17, 15) is 0 Å². The fraction of sp³-hybridized carbons (Fsp3) is 0.462. The van der Waals surface area contributed by atoms with Crippen molar-refractivity contribution in [3.63, 3.8) is 0 Å². The average Bonchev–Trinajstić information content (AvgIpc) is 2.97. The Morgan fingerprint density at radius 2 is 2.41 bits per heavy atom. The first-order chi connectivity index (χ1) is 8.31. The van der Waals surface area contributed by atoms with Crippen LogP contribution >= 0.6 is 11.8 Å². The van der Waals surface area contributed by atoms with Crippen molar-refractivity contribution >= 4 is 22.8 Å². The number of rotatable bonds is 2. The van der Waals surface area contributed by atoms with Crippen LogP contribution in [0.4, 0.5) is 0 Å². The van der Waals surface area contributed by atoms with Gasteiger partial charge in [0.25, 0.3) is 0 Å². The minimum atomic E-state index is 0.561. The van der Waals surface area contributed by atoms with Gasteiger partial charge >= 0.3 is 0 Å². The smallest absolute Gasteiger partial charge is 0.122 e. The molecule has 1 aliphatic heterocycles. The molecule has 90 valence electrons. The van der Waals surface area contributed by atoms with Gasteiger partial charge in [-0.1, -0.05) is 12.1 Å². The summed E-state index contributed by atoms with van der Waals surface area (Å²) in [7, 11) is 2.11. The Bertz CT molecular complexity index is 541. The number of hydrogen-bond donors (Lipinski definition) is 1. The molecule has 2 aromatic rings. The lowest BCUT2D eigenvalue weighted by atomic mass is 10.2. The van der Waals surface area contributed by atoms with E-state index in [-0.39, 0.29) is 0 Å². The maximum absolute atomic E-state index is 5.77. The number of nitrogens with zero attached hydrogens (tertiary/aromatic N) is 2. The average molecular weight is 247 g/mol. The second kappa shape index (κ2) is 4.35. The van der Waals surface area contributed by atoms with Crippen molar-refractivity contribution in [1.29, 1.82) is 0 Å². The van der Waals surface area contributed by atoms with Crippen LogP contribution in [0.2, 0.25) is 0 Å². The molecule has 2 heterocycles. The molecule has 0 amide bonds. The van der Waals surface area contributed by atoms with Gasteiger partial charge in [-0.3, -0.25) is 0 Å². The molecule has 0 radical (unpaired) electrons. The van der Waals surface area contributed by atoms with Gasteiger partial charge in [0.15, 0.2) is 0 Å². The number of thioether (sulfide) groups is 1. The molecule has 1 unspecified atom stereocenters. The molecule has 4 heteroatoms. The van der Waals surface area contributed by atoms with E-state index in [2.05, 4.69) is 29.8 Å². The molecule has 1 aliphatic rings. The predicted octanol–water partition coefficient (Wildman–Crippen LogP) is 2.60. The van der Waals surface area contributed by atoms with Gasteiger partial charge in [-0.2, -0.15) is 11.8 Å². The third-order valence-corrected chi connectivity index (χ3v) is 4.84. The van der Waals surface area contributed by atoms with E-state index in [0.717, 1.165) is 11.1 Å². The maximum Gasteiger partial charge on any atom is 0.122 e. The van der Waals surface area contributed by atoms with Gasteiger partial charge < -0.3 is 10.3 Å². The Morgan fingerprint density at radius 1 is 1.53 bits per heavy atom. The van der Waals surface area contributed by atoms with Gasteiger partial charge in [0.2, 0.25) is 0 Å². The van der Waals surface area contributed by atoms with Crippen LogP contribution < -0.4 is 5.73 Å². The van der Waals surface area contributed by atoms with Crippen LogP contribution in [0.5, 0.6) is 0 Å². The number of fused-ring (bicyclic) bond motifs is 1. The largest absolute Gasteiger partial charge is 0.330 e.